The summed E-state index contributed by atoms with van der Waals surface area (Å²) in [6.07, 6.45) is 3.95. The van der Waals surface area contributed by atoms with Crippen LogP contribution in [0.1, 0.15) is 36.0 Å². The number of amides is 2. The molecule has 1 aromatic rings. The Bertz CT molecular complexity index is 701. The number of halogens is 1. The minimum atomic E-state index is -0.0184. The first-order valence-electron chi connectivity index (χ1n) is 9.88. The highest BCUT2D eigenvalue weighted by atomic mass is 35.5. The van der Waals surface area contributed by atoms with Gasteiger partial charge in [0.1, 0.15) is 0 Å². The molecule has 3 aliphatic heterocycles. The fourth-order valence-electron chi connectivity index (χ4n) is 4.03. The average molecular weight is 410 g/mol. The van der Waals surface area contributed by atoms with Crippen molar-refractivity contribution in [3.05, 3.63) is 23.8 Å². The number of carbonyl (C=O) groups is 2. The molecule has 2 amide bonds. The van der Waals surface area contributed by atoms with Gasteiger partial charge in [-0.1, -0.05) is 0 Å². The molecule has 0 saturated carbocycles. The lowest BCUT2D eigenvalue weighted by atomic mass is 9.93. The Labute approximate surface area is 171 Å². The van der Waals surface area contributed by atoms with Crippen molar-refractivity contribution < 1.29 is 19.1 Å². The molecule has 0 aromatic heterocycles. The number of carbonyl (C=O) groups excluding carboxylic acids is 2. The van der Waals surface area contributed by atoms with Crippen molar-refractivity contribution in [1.82, 2.24) is 15.1 Å². The van der Waals surface area contributed by atoms with Crippen LogP contribution in [0, 0.1) is 5.92 Å². The van der Waals surface area contributed by atoms with Crippen LogP contribution in [-0.4, -0.2) is 67.7 Å². The molecule has 1 N–H and O–H groups in total. The van der Waals surface area contributed by atoms with Gasteiger partial charge in [-0.25, -0.2) is 0 Å². The monoisotopic (exact) mass is 409 g/mol. The Morgan fingerprint density at radius 1 is 1.00 bits per heavy atom. The van der Waals surface area contributed by atoms with Gasteiger partial charge in [-0.15, -0.1) is 12.4 Å². The normalized spacial score (nSPS) is 19.3. The molecule has 2 fully saturated rings. The topological polar surface area (TPSA) is 71.1 Å². The van der Waals surface area contributed by atoms with Crippen LogP contribution in [0.25, 0.3) is 0 Å². The lowest BCUT2D eigenvalue weighted by Crippen LogP contribution is -2.50. The van der Waals surface area contributed by atoms with E-state index in [4.69, 9.17) is 9.47 Å². The Kier molecular flexibility index (Phi) is 7.02. The van der Waals surface area contributed by atoms with E-state index in [0.717, 1.165) is 19.5 Å². The maximum atomic E-state index is 12.7. The zero-order chi connectivity index (χ0) is 18.6. The number of rotatable bonds is 4. The number of fused-ring (bicyclic) bond motifs is 1. The summed E-state index contributed by atoms with van der Waals surface area (Å²) in [7, 11) is 0. The van der Waals surface area contributed by atoms with Crippen molar-refractivity contribution in [2.45, 2.75) is 25.7 Å². The van der Waals surface area contributed by atoms with E-state index in [1.165, 1.54) is 12.8 Å². The number of hydrogen-bond donors (Lipinski definition) is 1. The second kappa shape index (κ2) is 9.47. The van der Waals surface area contributed by atoms with Crippen molar-refractivity contribution in [3.63, 3.8) is 0 Å². The standard InChI is InChI=1S/C20H27N3O4.ClH/c24-19(4-1-15-5-7-21-8-6-15)22-9-11-23(12-10-22)20(25)16-2-3-17-18(13-16)27-14-26-17;/h2-3,13,15,21H,1,4-12,14H2;1H. The smallest absolute Gasteiger partial charge is 0.254 e. The van der Waals surface area contributed by atoms with E-state index < -0.39 is 0 Å². The quantitative estimate of drug-likeness (QED) is 0.822. The Balaban J connectivity index is 0.00000225. The largest absolute Gasteiger partial charge is 0.454 e. The zero-order valence-electron chi connectivity index (χ0n) is 16.0. The highest BCUT2D eigenvalue weighted by molar-refractivity contribution is 5.95. The lowest BCUT2D eigenvalue weighted by Gasteiger charge is -2.35. The Hall–Kier alpha value is -1.99. The van der Waals surface area contributed by atoms with E-state index in [-0.39, 0.29) is 31.0 Å². The summed E-state index contributed by atoms with van der Waals surface area (Å²) in [5.41, 5.74) is 0.602. The van der Waals surface area contributed by atoms with Crippen LogP contribution >= 0.6 is 12.4 Å². The number of nitrogens with zero attached hydrogens (tertiary/aromatic N) is 2. The Morgan fingerprint density at radius 2 is 1.68 bits per heavy atom. The van der Waals surface area contributed by atoms with E-state index >= 15 is 0 Å². The van der Waals surface area contributed by atoms with Crippen molar-refractivity contribution >= 4 is 24.2 Å². The van der Waals surface area contributed by atoms with Gasteiger partial charge in [0.25, 0.3) is 5.91 Å². The summed E-state index contributed by atoms with van der Waals surface area (Å²) in [4.78, 5) is 28.9. The van der Waals surface area contributed by atoms with Gasteiger partial charge in [0.05, 0.1) is 0 Å². The number of piperazine rings is 1. The zero-order valence-corrected chi connectivity index (χ0v) is 16.8. The number of benzene rings is 1. The summed E-state index contributed by atoms with van der Waals surface area (Å²) in [6, 6.07) is 5.28. The molecule has 7 nitrogen and oxygen atoms in total. The predicted molar refractivity (Wildman–Crippen MR) is 107 cm³/mol. The molecule has 3 heterocycles. The van der Waals surface area contributed by atoms with Crippen LogP contribution in [0.15, 0.2) is 18.2 Å². The van der Waals surface area contributed by atoms with Crippen LogP contribution in [-0.2, 0) is 4.79 Å². The summed E-state index contributed by atoms with van der Waals surface area (Å²) < 4.78 is 10.6. The van der Waals surface area contributed by atoms with E-state index in [1.807, 2.05) is 9.80 Å². The molecule has 28 heavy (non-hydrogen) atoms. The Morgan fingerprint density at radius 3 is 2.43 bits per heavy atom. The van der Waals surface area contributed by atoms with E-state index in [0.29, 0.717) is 55.6 Å². The van der Waals surface area contributed by atoms with Gasteiger partial charge < -0.3 is 24.6 Å². The van der Waals surface area contributed by atoms with Gasteiger partial charge in [-0.05, 0) is 56.5 Å². The van der Waals surface area contributed by atoms with Crippen LogP contribution in [0.2, 0.25) is 0 Å². The van der Waals surface area contributed by atoms with Crippen LogP contribution in [0.4, 0.5) is 0 Å². The third-order valence-corrected chi connectivity index (χ3v) is 5.76. The van der Waals surface area contributed by atoms with Gasteiger partial charge in [0.2, 0.25) is 12.7 Å². The van der Waals surface area contributed by atoms with Crippen LogP contribution < -0.4 is 14.8 Å². The van der Waals surface area contributed by atoms with Gasteiger partial charge >= 0.3 is 0 Å². The minimum Gasteiger partial charge on any atom is -0.454 e. The average Bonchev–Trinajstić information content (AvgIpc) is 3.20. The molecule has 0 radical (unpaired) electrons. The third-order valence-electron chi connectivity index (χ3n) is 5.76. The number of nitrogens with one attached hydrogen (secondary N) is 1. The minimum absolute atomic E-state index is 0. The molecule has 154 valence electrons. The van der Waals surface area contributed by atoms with Crippen molar-refractivity contribution in [3.8, 4) is 11.5 Å². The summed E-state index contributed by atoms with van der Waals surface area (Å²) in [5.74, 6) is 2.17. The number of ether oxygens (including phenoxy) is 2. The first kappa shape index (κ1) is 20.7. The fourth-order valence-corrected chi connectivity index (χ4v) is 4.03. The molecule has 0 aliphatic carbocycles. The molecule has 2 saturated heterocycles. The SMILES string of the molecule is Cl.O=C(CCC1CCNCC1)N1CCN(C(=O)c2ccc3c(c2)OCO3)CC1. The van der Waals surface area contributed by atoms with E-state index in [9.17, 15) is 9.59 Å². The lowest BCUT2D eigenvalue weighted by molar-refractivity contribution is -0.133. The molecule has 0 spiro atoms. The third kappa shape index (κ3) is 4.70. The molecular weight excluding hydrogens is 382 g/mol. The number of hydrogen-bond acceptors (Lipinski definition) is 5. The fraction of sp³-hybridized carbons (Fsp3) is 0.600. The molecule has 8 heteroatoms. The van der Waals surface area contributed by atoms with Gasteiger partial charge in [0, 0.05) is 38.2 Å². The van der Waals surface area contributed by atoms with Gasteiger partial charge in [-0.3, -0.25) is 9.59 Å². The number of piperidine rings is 1. The molecule has 4 rings (SSSR count). The maximum absolute atomic E-state index is 12.7. The predicted octanol–water partition coefficient (Wildman–Crippen LogP) is 1.90. The molecule has 0 atom stereocenters. The molecular formula is C20H28ClN3O4. The molecule has 0 unspecified atom stereocenters. The summed E-state index contributed by atoms with van der Waals surface area (Å²) >= 11 is 0. The van der Waals surface area contributed by atoms with E-state index in [1.54, 1.807) is 18.2 Å². The summed E-state index contributed by atoms with van der Waals surface area (Å²) in [6.45, 7) is 4.71. The van der Waals surface area contributed by atoms with Gasteiger partial charge in [-0.2, -0.15) is 0 Å². The molecule has 3 aliphatic rings. The summed E-state index contributed by atoms with van der Waals surface area (Å²) in [5, 5.41) is 3.36. The van der Waals surface area contributed by atoms with Crippen LogP contribution in [0.5, 0.6) is 11.5 Å². The first-order chi connectivity index (χ1) is 13.2. The van der Waals surface area contributed by atoms with Crippen molar-refractivity contribution in [2.24, 2.45) is 5.92 Å². The maximum Gasteiger partial charge on any atom is 0.254 e. The van der Waals surface area contributed by atoms with Crippen molar-refractivity contribution in [2.75, 3.05) is 46.1 Å². The molecule has 1 aromatic carbocycles. The van der Waals surface area contributed by atoms with Crippen LogP contribution in [0.3, 0.4) is 0 Å². The highest BCUT2D eigenvalue weighted by Crippen LogP contribution is 2.32. The first-order valence-corrected chi connectivity index (χ1v) is 9.88. The highest BCUT2D eigenvalue weighted by Gasteiger charge is 2.26. The van der Waals surface area contributed by atoms with E-state index in [2.05, 4.69) is 5.32 Å². The second-order valence-electron chi connectivity index (χ2n) is 7.47. The van der Waals surface area contributed by atoms with Gasteiger partial charge in [0.15, 0.2) is 11.5 Å². The molecule has 0 bridgehead atoms. The second-order valence-corrected chi connectivity index (χ2v) is 7.47. The van der Waals surface area contributed by atoms with Crippen molar-refractivity contribution in [1.29, 1.82) is 0 Å².